The molecule has 0 bridgehead atoms. The average Bonchev–Trinajstić information content (AvgIpc) is 2.76. The smallest absolute Gasteiger partial charge is 0.323 e. The second-order valence-corrected chi connectivity index (χ2v) is 7.23. The van der Waals surface area contributed by atoms with E-state index in [1.165, 1.54) is 10.6 Å². The molecule has 166 valence electrons. The Bertz CT molecular complexity index is 1150. The molecular formula is C24H26N4O4. The lowest BCUT2D eigenvalue weighted by Gasteiger charge is -2.13. The first-order valence-electron chi connectivity index (χ1n) is 10.2. The number of pyridine rings is 1. The van der Waals surface area contributed by atoms with Crippen molar-refractivity contribution in [2.75, 3.05) is 22.6 Å². The summed E-state index contributed by atoms with van der Waals surface area (Å²) in [4.78, 5) is 37.6. The highest BCUT2D eigenvalue weighted by atomic mass is 16.5. The van der Waals surface area contributed by atoms with Gasteiger partial charge in [-0.15, -0.1) is 0 Å². The van der Waals surface area contributed by atoms with E-state index < -0.39 is 11.6 Å². The average molecular weight is 434 g/mol. The van der Waals surface area contributed by atoms with E-state index in [4.69, 9.17) is 4.74 Å². The highest BCUT2D eigenvalue weighted by Gasteiger charge is 2.13. The quantitative estimate of drug-likeness (QED) is 0.520. The van der Waals surface area contributed by atoms with Gasteiger partial charge in [0.05, 0.1) is 6.61 Å². The van der Waals surface area contributed by atoms with Crippen molar-refractivity contribution in [3.8, 4) is 5.75 Å². The minimum absolute atomic E-state index is 0.0779. The van der Waals surface area contributed by atoms with Crippen molar-refractivity contribution in [2.45, 2.75) is 27.3 Å². The number of nitrogens with one attached hydrogen (secondary N) is 3. The molecule has 0 spiro atoms. The fourth-order valence-electron chi connectivity index (χ4n) is 3.03. The summed E-state index contributed by atoms with van der Waals surface area (Å²) in [7, 11) is 0. The first-order chi connectivity index (χ1) is 15.4. The molecule has 3 rings (SSSR count). The molecular weight excluding hydrogens is 408 g/mol. The molecule has 0 saturated heterocycles. The highest BCUT2D eigenvalue weighted by Crippen LogP contribution is 2.16. The minimum Gasteiger partial charge on any atom is -0.494 e. The molecule has 0 aliphatic heterocycles. The van der Waals surface area contributed by atoms with Crippen LogP contribution in [-0.4, -0.2) is 23.1 Å². The van der Waals surface area contributed by atoms with Crippen molar-refractivity contribution in [1.82, 2.24) is 4.57 Å². The SMILES string of the molecule is CCOc1ccc(NC(=O)Cn2c(C)ccc(NC(=O)Nc3ccc(C)cc3)c2=O)cc1. The van der Waals surface area contributed by atoms with Crippen LogP contribution >= 0.6 is 0 Å². The number of carbonyl (C=O) groups is 2. The van der Waals surface area contributed by atoms with Crippen LogP contribution in [-0.2, 0) is 11.3 Å². The Morgan fingerprint density at radius 2 is 1.47 bits per heavy atom. The maximum Gasteiger partial charge on any atom is 0.323 e. The summed E-state index contributed by atoms with van der Waals surface area (Å²) in [5.74, 6) is 0.348. The van der Waals surface area contributed by atoms with E-state index in [9.17, 15) is 14.4 Å². The van der Waals surface area contributed by atoms with Crippen LogP contribution in [0.15, 0.2) is 65.5 Å². The lowest BCUT2D eigenvalue weighted by molar-refractivity contribution is -0.116. The molecule has 0 fully saturated rings. The normalized spacial score (nSPS) is 10.3. The van der Waals surface area contributed by atoms with Gasteiger partial charge in [-0.3, -0.25) is 9.59 Å². The van der Waals surface area contributed by atoms with E-state index in [2.05, 4.69) is 16.0 Å². The summed E-state index contributed by atoms with van der Waals surface area (Å²) in [6.07, 6.45) is 0. The first-order valence-corrected chi connectivity index (χ1v) is 10.2. The van der Waals surface area contributed by atoms with Gasteiger partial charge in [-0.25, -0.2) is 4.79 Å². The Labute approximate surface area is 186 Å². The van der Waals surface area contributed by atoms with Gasteiger partial charge in [0.25, 0.3) is 5.56 Å². The molecule has 0 unspecified atom stereocenters. The Balaban J connectivity index is 1.67. The number of hydrogen-bond acceptors (Lipinski definition) is 4. The molecule has 32 heavy (non-hydrogen) atoms. The van der Waals surface area contributed by atoms with Gasteiger partial charge < -0.3 is 25.3 Å². The number of aromatic nitrogens is 1. The molecule has 0 radical (unpaired) electrons. The Hall–Kier alpha value is -4.07. The van der Waals surface area contributed by atoms with E-state index in [0.717, 1.165) is 5.56 Å². The van der Waals surface area contributed by atoms with Gasteiger partial charge in [0, 0.05) is 17.1 Å². The van der Waals surface area contributed by atoms with E-state index in [1.54, 1.807) is 49.4 Å². The van der Waals surface area contributed by atoms with Crippen LogP contribution in [0.2, 0.25) is 0 Å². The summed E-state index contributed by atoms with van der Waals surface area (Å²) in [5, 5.41) is 7.99. The number of urea groups is 1. The summed E-state index contributed by atoms with van der Waals surface area (Å²) in [6, 6.07) is 16.9. The van der Waals surface area contributed by atoms with Crippen LogP contribution < -0.4 is 26.2 Å². The van der Waals surface area contributed by atoms with Crippen LogP contribution in [0.3, 0.4) is 0 Å². The van der Waals surface area contributed by atoms with Crippen LogP contribution in [0.5, 0.6) is 5.75 Å². The number of nitrogens with zero attached hydrogens (tertiary/aromatic N) is 1. The van der Waals surface area contributed by atoms with Crippen molar-refractivity contribution in [3.63, 3.8) is 0 Å². The van der Waals surface area contributed by atoms with Crippen LogP contribution in [0.4, 0.5) is 21.9 Å². The van der Waals surface area contributed by atoms with Gasteiger partial charge in [0.2, 0.25) is 5.91 Å². The van der Waals surface area contributed by atoms with Gasteiger partial charge >= 0.3 is 6.03 Å². The molecule has 0 aliphatic carbocycles. The molecule has 0 aliphatic rings. The van der Waals surface area contributed by atoms with Crippen molar-refractivity contribution in [1.29, 1.82) is 0 Å². The summed E-state index contributed by atoms with van der Waals surface area (Å²) in [5.41, 5.74) is 2.48. The zero-order valence-corrected chi connectivity index (χ0v) is 18.3. The number of anilines is 3. The second kappa shape index (κ2) is 10.3. The van der Waals surface area contributed by atoms with E-state index in [1.807, 2.05) is 26.0 Å². The molecule has 8 nitrogen and oxygen atoms in total. The number of aryl methyl sites for hydroxylation is 2. The first kappa shape index (κ1) is 22.6. The third-order valence-electron chi connectivity index (χ3n) is 4.70. The number of rotatable bonds is 7. The lowest BCUT2D eigenvalue weighted by atomic mass is 10.2. The van der Waals surface area contributed by atoms with Gasteiger partial charge in [-0.1, -0.05) is 17.7 Å². The molecule has 3 N–H and O–H groups in total. The Morgan fingerprint density at radius 3 is 2.12 bits per heavy atom. The molecule has 0 saturated carbocycles. The maximum absolute atomic E-state index is 12.9. The van der Waals surface area contributed by atoms with Gasteiger partial charge in [-0.2, -0.15) is 0 Å². The molecule has 3 aromatic rings. The van der Waals surface area contributed by atoms with Gasteiger partial charge in [-0.05, 0) is 69.3 Å². The van der Waals surface area contributed by atoms with E-state index in [0.29, 0.717) is 29.4 Å². The molecule has 0 atom stereocenters. The summed E-state index contributed by atoms with van der Waals surface area (Å²) >= 11 is 0. The lowest BCUT2D eigenvalue weighted by Crippen LogP contribution is -2.32. The molecule has 1 heterocycles. The fraction of sp³-hybridized carbons (Fsp3) is 0.208. The van der Waals surface area contributed by atoms with Gasteiger partial charge in [0.1, 0.15) is 18.0 Å². The van der Waals surface area contributed by atoms with Crippen LogP contribution in [0.25, 0.3) is 0 Å². The monoisotopic (exact) mass is 434 g/mol. The zero-order valence-electron chi connectivity index (χ0n) is 18.3. The van der Waals surface area contributed by atoms with Crippen molar-refractivity contribution in [2.24, 2.45) is 0 Å². The largest absolute Gasteiger partial charge is 0.494 e. The van der Waals surface area contributed by atoms with Crippen molar-refractivity contribution < 1.29 is 14.3 Å². The molecule has 2 aromatic carbocycles. The van der Waals surface area contributed by atoms with Crippen molar-refractivity contribution in [3.05, 3.63) is 82.3 Å². The van der Waals surface area contributed by atoms with E-state index in [-0.39, 0.29) is 18.1 Å². The predicted octanol–water partition coefficient (Wildman–Crippen LogP) is 4.15. The standard InChI is InChI=1S/C24H26N4O4/c1-4-32-20-12-10-18(11-13-20)25-22(29)15-28-17(3)7-14-21(23(28)30)27-24(31)26-19-8-5-16(2)6-9-19/h5-14H,4,15H2,1-3H3,(H,25,29)(H2,26,27,31). The zero-order chi connectivity index (χ0) is 23.1. The number of amides is 3. The number of carbonyl (C=O) groups excluding carboxylic acids is 2. The highest BCUT2D eigenvalue weighted by molar-refractivity contribution is 5.99. The van der Waals surface area contributed by atoms with Crippen molar-refractivity contribution >= 4 is 29.0 Å². The number of hydrogen-bond donors (Lipinski definition) is 3. The maximum atomic E-state index is 12.9. The molecule has 3 amide bonds. The van der Waals surface area contributed by atoms with Crippen LogP contribution in [0, 0.1) is 13.8 Å². The number of ether oxygens (including phenoxy) is 1. The van der Waals surface area contributed by atoms with Gasteiger partial charge in [0.15, 0.2) is 0 Å². The predicted molar refractivity (Wildman–Crippen MR) is 126 cm³/mol. The number of benzene rings is 2. The third kappa shape index (κ3) is 5.98. The minimum atomic E-state index is -0.541. The summed E-state index contributed by atoms with van der Waals surface area (Å²) in [6.45, 7) is 5.94. The Morgan fingerprint density at radius 1 is 0.844 bits per heavy atom. The molecule has 8 heteroatoms. The van der Waals surface area contributed by atoms with Crippen LogP contribution in [0.1, 0.15) is 18.2 Å². The summed E-state index contributed by atoms with van der Waals surface area (Å²) < 4.78 is 6.69. The topological polar surface area (TPSA) is 101 Å². The molecule has 1 aromatic heterocycles. The third-order valence-corrected chi connectivity index (χ3v) is 4.70. The second-order valence-electron chi connectivity index (χ2n) is 7.23. The Kier molecular flexibility index (Phi) is 7.28. The van der Waals surface area contributed by atoms with E-state index >= 15 is 0 Å². The fourth-order valence-corrected chi connectivity index (χ4v) is 3.03.